The lowest BCUT2D eigenvalue weighted by atomic mass is 9.80. The van der Waals surface area contributed by atoms with Gasteiger partial charge in [0.15, 0.2) is 0 Å². The minimum Gasteiger partial charge on any atom is -0.480 e. The van der Waals surface area contributed by atoms with Crippen molar-refractivity contribution in [3.8, 4) is 0 Å². The zero-order valence-corrected chi connectivity index (χ0v) is 10.7. The number of aromatic amines is 1. The molecule has 0 amide bonds. The van der Waals surface area contributed by atoms with Crippen molar-refractivity contribution >= 4 is 28.5 Å². The summed E-state index contributed by atoms with van der Waals surface area (Å²) < 4.78 is 13.5. The standard InChI is InChI=1S/C13H12ClFN2O2/c14-9-4-6(15)3-7-8-5-13(16,12(18)19)2-1-10(8)17-11(7)9/h3-4,17H,1-2,5,16H2,(H,18,19). The molecule has 1 atom stereocenters. The minimum atomic E-state index is -1.29. The topological polar surface area (TPSA) is 79.1 Å². The average Bonchev–Trinajstić information content (AvgIpc) is 2.67. The van der Waals surface area contributed by atoms with Crippen LogP contribution in [-0.2, 0) is 17.6 Å². The molecule has 1 heterocycles. The Balaban J connectivity index is 2.21. The third-order valence-corrected chi connectivity index (χ3v) is 4.06. The van der Waals surface area contributed by atoms with Crippen LogP contribution in [0.3, 0.4) is 0 Å². The van der Waals surface area contributed by atoms with Crippen LogP contribution in [-0.4, -0.2) is 21.6 Å². The van der Waals surface area contributed by atoms with Crippen molar-refractivity contribution < 1.29 is 14.3 Å². The molecule has 0 aliphatic heterocycles. The van der Waals surface area contributed by atoms with E-state index in [2.05, 4.69) is 4.98 Å². The summed E-state index contributed by atoms with van der Waals surface area (Å²) in [7, 11) is 0. The van der Waals surface area contributed by atoms with Crippen molar-refractivity contribution in [2.45, 2.75) is 24.8 Å². The Bertz CT molecular complexity index is 697. The molecule has 2 aromatic rings. The van der Waals surface area contributed by atoms with Crippen LogP contribution in [0.1, 0.15) is 17.7 Å². The van der Waals surface area contributed by atoms with Crippen LogP contribution in [0.25, 0.3) is 10.9 Å². The first-order valence-electron chi connectivity index (χ1n) is 5.91. The minimum absolute atomic E-state index is 0.178. The van der Waals surface area contributed by atoms with Crippen LogP contribution in [0.4, 0.5) is 4.39 Å². The van der Waals surface area contributed by atoms with E-state index in [1.54, 1.807) is 0 Å². The van der Waals surface area contributed by atoms with Gasteiger partial charge in [0, 0.05) is 17.5 Å². The number of hydrogen-bond acceptors (Lipinski definition) is 2. The second-order valence-electron chi connectivity index (χ2n) is 5.03. The molecule has 0 fully saturated rings. The molecule has 1 aromatic carbocycles. The van der Waals surface area contributed by atoms with E-state index < -0.39 is 17.3 Å². The Hall–Kier alpha value is -1.59. The third kappa shape index (κ3) is 1.81. The molecule has 1 aromatic heterocycles. The molecule has 4 nitrogen and oxygen atoms in total. The zero-order chi connectivity index (χ0) is 13.8. The van der Waals surface area contributed by atoms with Crippen LogP contribution in [0.2, 0.25) is 5.02 Å². The summed E-state index contributed by atoms with van der Waals surface area (Å²) in [5.41, 5.74) is 6.90. The summed E-state index contributed by atoms with van der Waals surface area (Å²) >= 11 is 6.00. The monoisotopic (exact) mass is 282 g/mol. The van der Waals surface area contributed by atoms with E-state index in [0.717, 1.165) is 11.3 Å². The van der Waals surface area contributed by atoms with Crippen molar-refractivity contribution in [3.05, 3.63) is 34.2 Å². The van der Waals surface area contributed by atoms with Gasteiger partial charge in [-0.1, -0.05) is 11.6 Å². The number of carboxylic acids is 1. The summed E-state index contributed by atoms with van der Waals surface area (Å²) in [6.45, 7) is 0. The number of H-pyrrole nitrogens is 1. The van der Waals surface area contributed by atoms with Crippen molar-refractivity contribution in [3.63, 3.8) is 0 Å². The van der Waals surface area contributed by atoms with Gasteiger partial charge >= 0.3 is 5.97 Å². The fourth-order valence-electron chi connectivity index (χ4n) is 2.68. The van der Waals surface area contributed by atoms with Crippen LogP contribution < -0.4 is 5.73 Å². The highest BCUT2D eigenvalue weighted by molar-refractivity contribution is 6.35. The first-order valence-corrected chi connectivity index (χ1v) is 6.29. The first-order chi connectivity index (χ1) is 8.90. The van der Waals surface area contributed by atoms with E-state index >= 15 is 0 Å². The second kappa shape index (κ2) is 3.95. The molecular formula is C13H12ClFN2O2. The maximum atomic E-state index is 13.5. The number of aryl methyl sites for hydroxylation is 1. The van der Waals surface area contributed by atoms with Crippen LogP contribution in [0, 0.1) is 5.82 Å². The molecule has 0 saturated carbocycles. The molecule has 1 aliphatic carbocycles. The van der Waals surface area contributed by atoms with E-state index in [0.29, 0.717) is 28.8 Å². The fourth-order valence-corrected chi connectivity index (χ4v) is 2.93. The molecule has 0 bridgehead atoms. The highest BCUT2D eigenvalue weighted by atomic mass is 35.5. The van der Waals surface area contributed by atoms with Gasteiger partial charge in [0.25, 0.3) is 0 Å². The van der Waals surface area contributed by atoms with Crippen LogP contribution in [0.5, 0.6) is 0 Å². The Morgan fingerprint density at radius 1 is 1.53 bits per heavy atom. The van der Waals surface area contributed by atoms with E-state index in [1.165, 1.54) is 12.1 Å². The van der Waals surface area contributed by atoms with Gasteiger partial charge in [-0.15, -0.1) is 0 Å². The summed E-state index contributed by atoms with van der Waals surface area (Å²) in [6, 6.07) is 2.60. The Labute approximate surface area is 113 Å². The molecule has 4 N–H and O–H groups in total. The lowest BCUT2D eigenvalue weighted by molar-refractivity contribution is -0.143. The van der Waals surface area contributed by atoms with Gasteiger partial charge in [0.1, 0.15) is 11.4 Å². The predicted molar refractivity (Wildman–Crippen MR) is 69.8 cm³/mol. The third-order valence-electron chi connectivity index (χ3n) is 3.76. The molecular weight excluding hydrogens is 271 g/mol. The van der Waals surface area contributed by atoms with Crippen molar-refractivity contribution in [1.29, 1.82) is 0 Å². The molecule has 100 valence electrons. The van der Waals surface area contributed by atoms with Gasteiger partial charge in [0.05, 0.1) is 10.5 Å². The Kier molecular flexibility index (Phi) is 2.59. The number of rotatable bonds is 1. The number of nitrogens with one attached hydrogen (secondary N) is 1. The zero-order valence-electron chi connectivity index (χ0n) is 9.96. The van der Waals surface area contributed by atoms with Crippen LogP contribution in [0.15, 0.2) is 12.1 Å². The predicted octanol–water partition coefficient (Wildman–Crippen LogP) is 2.23. The lowest BCUT2D eigenvalue weighted by Crippen LogP contribution is -2.52. The van der Waals surface area contributed by atoms with E-state index in [4.69, 9.17) is 17.3 Å². The number of nitrogens with two attached hydrogens (primary N) is 1. The smallest absolute Gasteiger partial charge is 0.324 e. The highest BCUT2D eigenvalue weighted by Crippen LogP contribution is 2.36. The first kappa shape index (κ1) is 12.4. The molecule has 6 heteroatoms. The van der Waals surface area contributed by atoms with Crippen molar-refractivity contribution in [2.75, 3.05) is 0 Å². The quantitative estimate of drug-likeness (QED) is 0.750. The van der Waals surface area contributed by atoms with Crippen LogP contribution >= 0.6 is 11.6 Å². The van der Waals surface area contributed by atoms with Gasteiger partial charge < -0.3 is 15.8 Å². The number of aliphatic carboxylic acids is 1. The molecule has 1 aliphatic rings. The maximum absolute atomic E-state index is 13.5. The molecule has 0 radical (unpaired) electrons. The van der Waals surface area contributed by atoms with Gasteiger partial charge in [-0.2, -0.15) is 0 Å². The summed E-state index contributed by atoms with van der Waals surface area (Å²) in [5.74, 6) is -1.47. The highest BCUT2D eigenvalue weighted by Gasteiger charge is 2.39. The lowest BCUT2D eigenvalue weighted by Gasteiger charge is -2.29. The molecule has 1 unspecified atom stereocenters. The van der Waals surface area contributed by atoms with E-state index in [9.17, 15) is 14.3 Å². The van der Waals surface area contributed by atoms with E-state index in [1.807, 2.05) is 0 Å². The number of aromatic nitrogens is 1. The van der Waals surface area contributed by atoms with Gasteiger partial charge in [-0.25, -0.2) is 4.39 Å². The summed E-state index contributed by atoms with van der Waals surface area (Å²) in [5, 5.41) is 10.1. The average molecular weight is 283 g/mol. The number of fused-ring (bicyclic) bond motifs is 3. The molecule has 0 saturated heterocycles. The normalized spacial score (nSPS) is 22.5. The number of carbonyl (C=O) groups is 1. The summed E-state index contributed by atoms with van der Waals surface area (Å²) in [6.07, 6.45) is 1.05. The number of hydrogen-bond donors (Lipinski definition) is 3. The maximum Gasteiger partial charge on any atom is 0.324 e. The summed E-state index contributed by atoms with van der Waals surface area (Å²) in [4.78, 5) is 14.4. The number of halogens is 2. The second-order valence-corrected chi connectivity index (χ2v) is 5.44. The molecule has 3 rings (SSSR count). The largest absolute Gasteiger partial charge is 0.480 e. The molecule has 19 heavy (non-hydrogen) atoms. The number of carboxylic acid groups (broad SMARTS) is 1. The van der Waals surface area contributed by atoms with Gasteiger partial charge in [-0.05, 0) is 30.5 Å². The van der Waals surface area contributed by atoms with Crippen molar-refractivity contribution in [2.24, 2.45) is 5.73 Å². The molecule has 0 spiro atoms. The van der Waals surface area contributed by atoms with Crippen molar-refractivity contribution in [1.82, 2.24) is 4.98 Å². The SMILES string of the molecule is NC1(C(=O)O)CCc2[nH]c3c(Cl)cc(F)cc3c2C1. The van der Waals surface area contributed by atoms with Gasteiger partial charge in [0.2, 0.25) is 0 Å². The fraction of sp³-hybridized carbons (Fsp3) is 0.308. The Morgan fingerprint density at radius 2 is 2.26 bits per heavy atom. The van der Waals surface area contributed by atoms with Gasteiger partial charge in [-0.3, -0.25) is 4.79 Å². The number of benzene rings is 1. The van der Waals surface area contributed by atoms with E-state index in [-0.39, 0.29) is 6.42 Å². The Morgan fingerprint density at radius 3 is 2.95 bits per heavy atom.